The Labute approximate surface area is 116 Å². The molecule has 5 heteroatoms. The van der Waals surface area contributed by atoms with Crippen LogP contribution >= 0.6 is 11.8 Å². The summed E-state index contributed by atoms with van der Waals surface area (Å²) in [5, 5.41) is 2.95. The standard InChI is InChI=1S/C14H17F2NOS/c1-9-2-4-11(6-9)17-14(18)8-19-13-5-3-10(15)7-12(13)16/h3,5,7,9,11H,2,4,6,8H2,1H3,(H,17,18). The molecule has 1 fully saturated rings. The molecule has 1 saturated carbocycles. The molecule has 0 spiro atoms. The topological polar surface area (TPSA) is 29.1 Å². The summed E-state index contributed by atoms with van der Waals surface area (Å²) >= 11 is 1.09. The third-order valence-corrected chi connectivity index (χ3v) is 4.36. The molecule has 1 aromatic rings. The SMILES string of the molecule is CC1CCC(NC(=O)CSc2ccc(F)cc2F)C1. The summed E-state index contributed by atoms with van der Waals surface area (Å²) in [6.45, 7) is 2.18. The number of halogens is 2. The largest absolute Gasteiger partial charge is 0.353 e. The molecule has 1 amide bonds. The maximum Gasteiger partial charge on any atom is 0.230 e. The maximum atomic E-state index is 13.4. The highest BCUT2D eigenvalue weighted by Crippen LogP contribution is 2.25. The minimum absolute atomic E-state index is 0.0900. The smallest absolute Gasteiger partial charge is 0.230 e. The Balaban J connectivity index is 1.80. The van der Waals surface area contributed by atoms with Crippen LogP contribution in [0.15, 0.2) is 23.1 Å². The molecule has 1 aliphatic carbocycles. The van der Waals surface area contributed by atoms with Gasteiger partial charge in [0.25, 0.3) is 0 Å². The zero-order chi connectivity index (χ0) is 13.8. The van der Waals surface area contributed by atoms with E-state index in [1.54, 1.807) is 0 Å². The quantitative estimate of drug-likeness (QED) is 0.859. The lowest BCUT2D eigenvalue weighted by molar-refractivity contribution is -0.119. The zero-order valence-corrected chi connectivity index (χ0v) is 11.6. The van der Waals surface area contributed by atoms with E-state index in [1.165, 1.54) is 12.1 Å². The third kappa shape index (κ3) is 4.20. The second-order valence-electron chi connectivity index (χ2n) is 5.05. The van der Waals surface area contributed by atoms with Crippen molar-refractivity contribution in [2.75, 3.05) is 5.75 Å². The van der Waals surface area contributed by atoms with Crippen molar-refractivity contribution in [1.29, 1.82) is 0 Å². The predicted molar refractivity (Wildman–Crippen MR) is 72.0 cm³/mol. The van der Waals surface area contributed by atoms with Gasteiger partial charge in [0.15, 0.2) is 0 Å². The molecule has 1 aliphatic rings. The van der Waals surface area contributed by atoms with E-state index in [0.29, 0.717) is 10.8 Å². The maximum absolute atomic E-state index is 13.4. The minimum Gasteiger partial charge on any atom is -0.353 e. The van der Waals surface area contributed by atoms with Gasteiger partial charge in [0, 0.05) is 17.0 Å². The van der Waals surface area contributed by atoms with Crippen LogP contribution in [0.4, 0.5) is 8.78 Å². The van der Waals surface area contributed by atoms with E-state index < -0.39 is 11.6 Å². The molecule has 104 valence electrons. The summed E-state index contributed by atoms with van der Waals surface area (Å²) in [6, 6.07) is 3.64. The molecule has 2 nitrogen and oxygen atoms in total. The van der Waals surface area contributed by atoms with Crippen LogP contribution in [-0.4, -0.2) is 17.7 Å². The first-order valence-corrected chi connectivity index (χ1v) is 7.40. The Morgan fingerprint density at radius 1 is 1.42 bits per heavy atom. The average molecular weight is 285 g/mol. The molecule has 0 saturated heterocycles. The molecule has 0 radical (unpaired) electrons. The molecule has 1 N–H and O–H groups in total. The highest BCUT2D eigenvalue weighted by Gasteiger charge is 2.22. The molecular weight excluding hydrogens is 268 g/mol. The van der Waals surface area contributed by atoms with Crippen molar-refractivity contribution >= 4 is 17.7 Å². The fourth-order valence-corrected chi connectivity index (χ4v) is 3.07. The van der Waals surface area contributed by atoms with E-state index in [0.717, 1.165) is 37.1 Å². The van der Waals surface area contributed by atoms with Crippen molar-refractivity contribution in [2.45, 2.75) is 37.1 Å². The van der Waals surface area contributed by atoms with Gasteiger partial charge in [-0.05, 0) is 37.3 Å². The molecule has 0 heterocycles. The highest BCUT2D eigenvalue weighted by atomic mass is 32.2. The summed E-state index contributed by atoms with van der Waals surface area (Å²) < 4.78 is 26.1. The predicted octanol–water partition coefficient (Wildman–Crippen LogP) is 3.36. The third-order valence-electron chi connectivity index (χ3n) is 3.31. The van der Waals surface area contributed by atoms with Crippen molar-refractivity contribution in [3.05, 3.63) is 29.8 Å². The van der Waals surface area contributed by atoms with Gasteiger partial charge in [-0.1, -0.05) is 6.92 Å². The van der Waals surface area contributed by atoms with E-state index in [9.17, 15) is 13.6 Å². The van der Waals surface area contributed by atoms with Crippen LogP contribution in [0.1, 0.15) is 26.2 Å². The average Bonchev–Trinajstić information content (AvgIpc) is 2.73. The van der Waals surface area contributed by atoms with E-state index in [2.05, 4.69) is 12.2 Å². The van der Waals surface area contributed by atoms with Crippen molar-refractivity contribution in [3.63, 3.8) is 0 Å². The number of carbonyl (C=O) groups excluding carboxylic acids is 1. The van der Waals surface area contributed by atoms with Gasteiger partial charge in [-0.2, -0.15) is 0 Å². The number of hydrogen-bond acceptors (Lipinski definition) is 2. The second-order valence-corrected chi connectivity index (χ2v) is 6.06. The van der Waals surface area contributed by atoms with Crippen LogP contribution in [0.3, 0.4) is 0 Å². The van der Waals surface area contributed by atoms with Gasteiger partial charge in [0.2, 0.25) is 5.91 Å². The first-order chi connectivity index (χ1) is 9.04. The molecule has 2 unspecified atom stereocenters. The van der Waals surface area contributed by atoms with E-state index in [-0.39, 0.29) is 17.7 Å². The Bertz CT molecular complexity index is 467. The Morgan fingerprint density at radius 2 is 2.21 bits per heavy atom. The molecule has 0 bridgehead atoms. The van der Waals surface area contributed by atoms with E-state index in [4.69, 9.17) is 0 Å². The van der Waals surface area contributed by atoms with Crippen molar-refractivity contribution in [3.8, 4) is 0 Å². The van der Waals surface area contributed by atoms with Crippen LogP contribution in [0.25, 0.3) is 0 Å². The summed E-state index contributed by atoms with van der Waals surface area (Å²) in [7, 11) is 0. The Morgan fingerprint density at radius 3 is 2.84 bits per heavy atom. The van der Waals surface area contributed by atoms with Crippen molar-refractivity contribution < 1.29 is 13.6 Å². The van der Waals surface area contributed by atoms with Crippen LogP contribution in [0.2, 0.25) is 0 Å². The Hall–Kier alpha value is -1.10. The van der Waals surface area contributed by atoms with Gasteiger partial charge in [0.05, 0.1) is 5.75 Å². The summed E-state index contributed by atoms with van der Waals surface area (Å²) in [4.78, 5) is 12.0. The van der Waals surface area contributed by atoms with Gasteiger partial charge >= 0.3 is 0 Å². The molecule has 1 aromatic carbocycles. The first kappa shape index (κ1) is 14.3. The number of amides is 1. The fraction of sp³-hybridized carbons (Fsp3) is 0.500. The van der Waals surface area contributed by atoms with Crippen molar-refractivity contribution in [2.24, 2.45) is 5.92 Å². The summed E-state index contributed by atoms with van der Waals surface area (Å²) in [6.07, 6.45) is 3.18. The summed E-state index contributed by atoms with van der Waals surface area (Å²) in [5.74, 6) is -0.494. The van der Waals surface area contributed by atoms with Crippen LogP contribution in [0, 0.1) is 17.6 Å². The number of rotatable bonds is 4. The van der Waals surface area contributed by atoms with Gasteiger partial charge in [-0.3, -0.25) is 4.79 Å². The molecule has 2 atom stereocenters. The number of nitrogens with one attached hydrogen (secondary N) is 1. The molecule has 19 heavy (non-hydrogen) atoms. The van der Waals surface area contributed by atoms with E-state index >= 15 is 0 Å². The second kappa shape index (κ2) is 6.37. The first-order valence-electron chi connectivity index (χ1n) is 6.42. The lowest BCUT2D eigenvalue weighted by Gasteiger charge is -2.12. The zero-order valence-electron chi connectivity index (χ0n) is 10.8. The molecular formula is C14H17F2NOS. The number of thioether (sulfide) groups is 1. The van der Waals surface area contributed by atoms with Gasteiger partial charge < -0.3 is 5.32 Å². The molecule has 0 aliphatic heterocycles. The molecule has 2 rings (SSSR count). The number of carbonyl (C=O) groups is 1. The molecule has 0 aromatic heterocycles. The monoisotopic (exact) mass is 285 g/mol. The fourth-order valence-electron chi connectivity index (χ4n) is 2.34. The van der Waals surface area contributed by atoms with Gasteiger partial charge in [-0.25, -0.2) is 8.78 Å². The Kier molecular flexibility index (Phi) is 4.80. The number of hydrogen-bond donors (Lipinski definition) is 1. The summed E-state index contributed by atoms with van der Waals surface area (Å²) in [5.41, 5.74) is 0. The highest BCUT2D eigenvalue weighted by molar-refractivity contribution is 8.00. The lowest BCUT2D eigenvalue weighted by atomic mass is 10.1. The van der Waals surface area contributed by atoms with Crippen molar-refractivity contribution in [1.82, 2.24) is 5.32 Å². The van der Waals surface area contributed by atoms with E-state index in [1.807, 2.05) is 0 Å². The van der Waals surface area contributed by atoms with Gasteiger partial charge in [0.1, 0.15) is 11.6 Å². The lowest BCUT2D eigenvalue weighted by Crippen LogP contribution is -2.34. The number of benzene rings is 1. The minimum atomic E-state index is -0.618. The van der Waals surface area contributed by atoms with Gasteiger partial charge in [-0.15, -0.1) is 11.8 Å². The van der Waals surface area contributed by atoms with Crippen LogP contribution in [-0.2, 0) is 4.79 Å². The van der Waals surface area contributed by atoms with Crippen LogP contribution in [0.5, 0.6) is 0 Å². The van der Waals surface area contributed by atoms with Crippen LogP contribution < -0.4 is 5.32 Å². The normalized spacial score (nSPS) is 22.5.